The van der Waals surface area contributed by atoms with Crippen molar-refractivity contribution in [2.24, 2.45) is 0 Å². The van der Waals surface area contributed by atoms with E-state index >= 15 is 0 Å². The molecule has 0 bridgehead atoms. The minimum atomic E-state index is -0.923. The van der Waals surface area contributed by atoms with Crippen LogP contribution in [0.3, 0.4) is 0 Å². The Morgan fingerprint density at radius 1 is 1.23 bits per heavy atom. The summed E-state index contributed by atoms with van der Waals surface area (Å²) in [5.74, 6) is -1.19. The van der Waals surface area contributed by atoms with Gasteiger partial charge in [-0.15, -0.1) is 0 Å². The summed E-state index contributed by atoms with van der Waals surface area (Å²) in [6.45, 7) is 5.45. The van der Waals surface area contributed by atoms with Crippen LogP contribution in [-0.2, 0) is 30.3 Å². The van der Waals surface area contributed by atoms with E-state index in [1.165, 1.54) is 30.9 Å². The molecule has 2 saturated heterocycles. The van der Waals surface area contributed by atoms with Gasteiger partial charge < -0.3 is 25.4 Å². The number of likely N-dealkylation sites (tertiary alicyclic amines) is 1. The Bertz CT molecular complexity index is 865. The Morgan fingerprint density at radius 2 is 1.87 bits per heavy atom. The van der Waals surface area contributed by atoms with Crippen molar-refractivity contribution in [1.82, 2.24) is 15.5 Å². The van der Waals surface area contributed by atoms with E-state index in [2.05, 4.69) is 10.6 Å². The van der Waals surface area contributed by atoms with Crippen LogP contribution in [0.15, 0.2) is 24.3 Å². The molecule has 0 aliphatic carbocycles. The second kappa shape index (κ2) is 9.05. The van der Waals surface area contributed by atoms with E-state index < -0.39 is 29.6 Å². The molecule has 1 unspecified atom stereocenters. The minimum absolute atomic E-state index is 0.107. The number of rotatable bonds is 8. The molecule has 2 aliphatic heterocycles. The van der Waals surface area contributed by atoms with Crippen molar-refractivity contribution < 1.29 is 29.0 Å². The number of nitrogens with zero attached hydrogens (tertiary/aromatic N) is 1. The second-order valence-corrected chi connectivity index (χ2v) is 8.42. The normalized spacial score (nSPS) is 24.2. The number of phenolic OH excluding ortho intramolecular Hbond substituents is 1. The minimum Gasteiger partial charge on any atom is -0.508 e. The largest absolute Gasteiger partial charge is 0.508 e. The second-order valence-electron chi connectivity index (χ2n) is 8.42. The molecule has 2 fully saturated rings. The lowest BCUT2D eigenvalue weighted by molar-refractivity contribution is -0.138. The zero-order chi connectivity index (χ0) is 22.8. The fourth-order valence-corrected chi connectivity index (χ4v) is 3.78. The van der Waals surface area contributed by atoms with E-state index in [0.717, 1.165) is 12.0 Å². The molecule has 3 amide bonds. The zero-order valence-electron chi connectivity index (χ0n) is 18.0. The molecular formula is C22H29N3O6. The fraction of sp³-hybridized carbons (Fsp3) is 0.545. The standard InChI is InChI=1S/C22H29N3O6/c1-13(23-21(30)18-5-4-10-25(18)14(2)26)20(29)24-17(19(28)22(3)12-31-22)11-15-6-8-16(27)9-7-15/h6-9,13,17-18,27H,4-5,10-12H2,1-3H3,(H,23,30)(H,24,29)/t13-,17+,18+,22?/m0/s1. The molecular weight excluding hydrogens is 402 g/mol. The maximum Gasteiger partial charge on any atom is 0.243 e. The van der Waals surface area contributed by atoms with Crippen LogP contribution < -0.4 is 10.6 Å². The van der Waals surface area contributed by atoms with E-state index in [4.69, 9.17) is 4.74 Å². The van der Waals surface area contributed by atoms with Crippen LogP contribution in [0, 0.1) is 0 Å². The number of hydrogen-bond acceptors (Lipinski definition) is 6. The molecule has 3 rings (SSSR count). The Hall–Kier alpha value is -2.94. The first-order chi connectivity index (χ1) is 14.6. The van der Waals surface area contributed by atoms with Crippen molar-refractivity contribution in [3.8, 4) is 5.75 Å². The molecule has 4 atom stereocenters. The first-order valence-electron chi connectivity index (χ1n) is 10.4. The van der Waals surface area contributed by atoms with E-state index in [-0.39, 0.29) is 29.8 Å². The molecule has 1 aromatic carbocycles. The fourth-order valence-electron chi connectivity index (χ4n) is 3.78. The first-order valence-corrected chi connectivity index (χ1v) is 10.4. The molecule has 9 nitrogen and oxygen atoms in total. The Balaban J connectivity index is 1.64. The number of benzene rings is 1. The number of ketones is 1. The molecule has 0 aromatic heterocycles. The average molecular weight is 431 g/mol. The van der Waals surface area contributed by atoms with Gasteiger partial charge in [-0.25, -0.2) is 0 Å². The summed E-state index contributed by atoms with van der Waals surface area (Å²) < 4.78 is 5.26. The monoisotopic (exact) mass is 431 g/mol. The van der Waals surface area contributed by atoms with Gasteiger partial charge in [0.25, 0.3) is 0 Å². The number of aromatic hydroxyl groups is 1. The number of carbonyl (C=O) groups is 4. The van der Waals surface area contributed by atoms with Crippen molar-refractivity contribution >= 4 is 23.5 Å². The third-order valence-electron chi connectivity index (χ3n) is 5.82. The molecule has 0 spiro atoms. The maximum atomic E-state index is 12.9. The lowest BCUT2D eigenvalue weighted by Gasteiger charge is -2.25. The van der Waals surface area contributed by atoms with E-state index in [0.29, 0.717) is 19.6 Å². The number of nitrogens with one attached hydrogen (secondary N) is 2. The van der Waals surface area contributed by atoms with E-state index in [1.807, 2.05) is 0 Å². The number of amides is 3. The lowest BCUT2D eigenvalue weighted by Crippen LogP contribution is -2.55. The van der Waals surface area contributed by atoms with Gasteiger partial charge in [-0.1, -0.05) is 12.1 Å². The molecule has 0 saturated carbocycles. The van der Waals surface area contributed by atoms with Crippen molar-refractivity contribution in [3.63, 3.8) is 0 Å². The summed E-state index contributed by atoms with van der Waals surface area (Å²) in [7, 11) is 0. The predicted molar refractivity (Wildman–Crippen MR) is 111 cm³/mol. The Kier molecular flexibility index (Phi) is 6.64. The summed E-state index contributed by atoms with van der Waals surface area (Å²) in [4.78, 5) is 51.5. The Labute approximate surface area is 181 Å². The third kappa shape index (κ3) is 5.41. The molecule has 0 radical (unpaired) electrons. The van der Waals surface area contributed by atoms with E-state index in [1.54, 1.807) is 19.1 Å². The number of hydrogen-bond donors (Lipinski definition) is 3. The lowest BCUT2D eigenvalue weighted by atomic mass is 9.94. The predicted octanol–water partition coefficient (Wildman–Crippen LogP) is 0.293. The van der Waals surface area contributed by atoms with Crippen molar-refractivity contribution in [3.05, 3.63) is 29.8 Å². The van der Waals surface area contributed by atoms with Crippen LogP contribution in [0.5, 0.6) is 5.75 Å². The highest BCUT2D eigenvalue weighted by Gasteiger charge is 2.50. The summed E-state index contributed by atoms with van der Waals surface area (Å²) in [6, 6.07) is 4.08. The smallest absolute Gasteiger partial charge is 0.243 e. The van der Waals surface area contributed by atoms with Crippen molar-refractivity contribution in [2.75, 3.05) is 13.2 Å². The maximum absolute atomic E-state index is 12.9. The van der Waals surface area contributed by atoms with Gasteiger partial charge in [0.1, 0.15) is 23.4 Å². The van der Waals surface area contributed by atoms with Crippen LogP contribution >= 0.6 is 0 Å². The molecule has 31 heavy (non-hydrogen) atoms. The highest BCUT2D eigenvalue weighted by atomic mass is 16.6. The van der Waals surface area contributed by atoms with Gasteiger partial charge in [-0.05, 0) is 50.8 Å². The van der Waals surface area contributed by atoms with Crippen LogP contribution in [-0.4, -0.2) is 70.4 Å². The molecule has 9 heteroatoms. The van der Waals surface area contributed by atoms with Gasteiger partial charge in [-0.2, -0.15) is 0 Å². The first kappa shape index (κ1) is 22.7. The van der Waals surface area contributed by atoms with Crippen molar-refractivity contribution in [2.45, 2.75) is 63.8 Å². The van der Waals surface area contributed by atoms with Crippen LogP contribution in [0.1, 0.15) is 39.2 Å². The van der Waals surface area contributed by atoms with Gasteiger partial charge >= 0.3 is 0 Å². The number of phenols is 1. The SMILES string of the molecule is CC(=O)N1CCC[C@@H]1C(=O)N[C@@H](C)C(=O)N[C@H](Cc1ccc(O)cc1)C(=O)C1(C)CO1. The van der Waals surface area contributed by atoms with Gasteiger partial charge in [0, 0.05) is 13.5 Å². The number of Topliss-reactive ketones (excluding diaryl/α,β-unsaturated/α-hetero) is 1. The number of carbonyl (C=O) groups excluding carboxylic acids is 4. The molecule has 2 heterocycles. The molecule has 168 valence electrons. The van der Waals surface area contributed by atoms with Gasteiger partial charge in [-0.3, -0.25) is 19.2 Å². The van der Waals surface area contributed by atoms with Crippen LogP contribution in [0.25, 0.3) is 0 Å². The van der Waals surface area contributed by atoms with Crippen LogP contribution in [0.2, 0.25) is 0 Å². The highest BCUT2D eigenvalue weighted by molar-refractivity contribution is 5.98. The summed E-state index contributed by atoms with van der Waals surface area (Å²) in [5.41, 5.74) is -0.159. The summed E-state index contributed by atoms with van der Waals surface area (Å²) in [5, 5.41) is 14.8. The summed E-state index contributed by atoms with van der Waals surface area (Å²) >= 11 is 0. The quantitative estimate of drug-likeness (QED) is 0.508. The van der Waals surface area contributed by atoms with Gasteiger partial charge in [0.15, 0.2) is 5.78 Å². The highest BCUT2D eigenvalue weighted by Crippen LogP contribution is 2.29. The van der Waals surface area contributed by atoms with E-state index in [9.17, 15) is 24.3 Å². The molecule has 3 N–H and O–H groups in total. The third-order valence-corrected chi connectivity index (χ3v) is 5.82. The molecule has 1 aromatic rings. The van der Waals surface area contributed by atoms with Gasteiger partial charge in [0.05, 0.1) is 12.6 Å². The number of epoxide rings is 1. The number of ether oxygens (including phenoxy) is 1. The Morgan fingerprint density at radius 3 is 2.45 bits per heavy atom. The van der Waals surface area contributed by atoms with Crippen LogP contribution in [0.4, 0.5) is 0 Å². The average Bonchev–Trinajstić information content (AvgIpc) is 3.27. The summed E-state index contributed by atoms with van der Waals surface area (Å²) in [6.07, 6.45) is 1.52. The topological polar surface area (TPSA) is 128 Å². The van der Waals surface area contributed by atoms with Crippen molar-refractivity contribution in [1.29, 1.82) is 0 Å². The molecule has 2 aliphatic rings. The van der Waals surface area contributed by atoms with Gasteiger partial charge in [0.2, 0.25) is 17.7 Å². The zero-order valence-corrected chi connectivity index (χ0v) is 18.0.